The van der Waals surface area contributed by atoms with E-state index in [-0.39, 0.29) is 5.91 Å². The standard InChI is InChI=1S/C15H26N4O3S/c1-11(2)10-14(20)18-6-8-19(9-7-18)23(21,22)15-12(3)16-17(5)13(15)4/h11H,6-10H2,1-5H3. The third-order valence-corrected chi connectivity index (χ3v) is 6.37. The molecule has 8 heteroatoms. The molecular weight excluding hydrogens is 316 g/mol. The first kappa shape index (κ1) is 17.9. The predicted molar refractivity (Wildman–Crippen MR) is 87.5 cm³/mol. The third-order valence-electron chi connectivity index (χ3n) is 4.21. The lowest BCUT2D eigenvalue weighted by Gasteiger charge is -2.34. The van der Waals surface area contributed by atoms with Crippen LogP contribution in [0.5, 0.6) is 0 Å². The summed E-state index contributed by atoms with van der Waals surface area (Å²) in [6.45, 7) is 9.04. The van der Waals surface area contributed by atoms with Crippen LogP contribution in [-0.4, -0.2) is 59.5 Å². The van der Waals surface area contributed by atoms with Gasteiger partial charge in [0.25, 0.3) is 0 Å². The Morgan fingerprint density at radius 3 is 2.17 bits per heavy atom. The van der Waals surface area contributed by atoms with Crippen molar-refractivity contribution in [3.8, 4) is 0 Å². The Kier molecular flexibility index (Phi) is 5.15. The second kappa shape index (κ2) is 6.60. The van der Waals surface area contributed by atoms with Gasteiger partial charge < -0.3 is 4.90 Å². The normalized spacial score (nSPS) is 17.0. The minimum absolute atomic E-state index is 0.103. The van der Waals surface area contributed by atoms with E-state index < -0.39 is 10.0 Å². The van der Waals surface area contributed by atoms with Gasteiger partial charge in [-0.05, 0) is 19.8 Å². The van der Waals surface area contributed by atoms with E-state index in [0.717, 1.165) is 0 Å². The molecule has 0 bridgehead atoms. The van der Waals surface area contributed by atoms with Crippen LogP contribution in [0.1, 0.15) is 31.7 Å². The van der Waals surface area contributed by atoms with Crippen molar-refractivity contribution in [3.05, 3.63) is 11.4 Å². The van der Waals surface area contributed by atoms with Gasteiger partial charge in [-0.3, -0.25) is 9.48 Å². The van der Waals surface area contributed by atoms with Crippen LogP contribution in [0, 0.1) is 19.8 Å². The van der Waals surface area contributed by atoms with E-state index in [1.54, 1.807) is 30.5 Å². The lowest BCUT2D eigenvalue weighted by molar-refractivity contribution is -0.133. The highest BCUT2D eigenvalue weighted by Crippen LogP contribution is 2.24. The fourth-order valence-corrected chi connectivity index (χ4v) is 4.73. The van der Waals surface area contributed by atoms with Crippen molar-refractivity contribution in [2.45, 2.75) is 39.0 Å². The zero-order valence-electron chi connectivity index (χ0n) is 14.5. The molecule has 0 atom stereocenters. The molecule has 1 aromatic rings. The third kappa shape index (κ3) is 3.58. The van der Waals surface area contributed by atoms with Crippen LogP contribution >= 0.6 is 0 Å². The Labute approximate surface area is 138 Å². The van der Waals surface area contributed by atoms with Crippen molar-refractivity contribution < 1.29 is 13.2 Å². The minimum Gasteiger partial charge on any atom is -0.340 e. The molecule has 1 aromatic heterocycles. The van der Waals surface area contributed by atoms with E-state index in [0.29, 0.717) is 54.8 Å². The number of aromatic nitrogens is 2. The first-order valence-corrected chi connectivity index (χ1v) is 9.36. The first-order valence-electron chi connectivity index (χ1n) is 7.92. The lowest BCUT2D eigenvalue weighted by atomic mass is 10.1. The number of carbonyl (C=O) groups excluding carboxylic acids is 1. The molecule has 1 saturated heterocycles. The van der Waals surface area contributed by atoms with Gasteiger partial charge in [-0.15, -0.1) is 0 Å². The van der Waals surface area contributed by atoms with Gasteiger partial charge in [-0.2, -0.15) is 9.40 Å². The Morgan fingerprint density at radius 2 is 1.74 bits per heavy atom. The van der Waals surface area contributed by atoms with Crippen molar-refractivity contribution in [2.24, 2.45) is 13.0 Å². The number of aryl methyl sites for hydroxylation is 2. The highest BCUT2D eigenvalue weighted by molar-refractivity contribution is 7.89. The quantitative estimate of drug-likeness (QED) is 0.815. The summed E-state index contributed by atoms with van der Waals surface area (Å²) in [4.78, 5) is 14.1. The molecule has 0 spiro atoms. The molecule has 0 N–H and O–H groups in total. The maximum Gasteiger partial charge on any atom is 0.246 e. The van der Waals surface area contributed by atoms with Crippen LogP contribution in [0.15, 0.2) is 4.90 Å². The summed E-state index contributed by atoms with van der Waals surface area (Å²) in [5.74, 6) is 0.413. The smallest absolute Gasteiger partial charge is 0.246 e. The summed E-state index contributed by atoms with van der Waals surface area (Å²) < 4.78 is 28.8. The van der Waals surface area contributed by atoms with Gasteiger partial charge in [0, 0.05) is 39.6 Å². The van der Waals surface area contributed by atoms with Crippen LogP contribution in [0.3, 0.4) is 0 Å². The molecule has 0 aliphatic carbocycles. The number of piperazine rings is 1. The highest BCUT2D eigenvalue weighted by Gasteiger charge is 2.33. The SMILES string of the molecule is Cc1nn(C)c(C)c1S(=O)(=O)N1CCN(C(=O)CC(C)C)CC1. The average Bonchev–Trinajstić information content (AvgIpc) is 2.72. The molecule has 130 valence electrons. The summed E-state index contributed by atoms with van der Waals surface area (Å²) in [7, 11) is -1.82. The molecule has 0 aromatic carbocycles. The van der Waals surface area contributed by atoms with Gasteiger partial charge >= 0.3 is 0 Å². The number of hydrogen-bond donors (Lipinski definition) is 0. The Balaban J connectivity index is 2.11. The summed E-state index contributed by atoms with van der Waals surface area (Å²) in [5.41, 5.74) is 1.16. The van der Waals surface area contributed by atoms with E-state index >= 15 is 0 Å². The van der Waals surface area contributed by atoms with Gasteiger partial charge in [0.1, 0.15) is 4.90 Å². The van der Waals surface area contributed by atoms with E-state index in [1.807, 2.05) is 13.8 Å². The second-order valence-corrected chi connectivity index (χ2v) is 8.38. The van der Waals surface area contributed by atoms with Crippen molar-refractivity contribution in [3.63, 3.8) is 0 Å². The average molecular weight is 342 g/mol. The molecule has 2 rings (SSSR count). The zero-order valence-corrected chi connectivity index (χ0v) is 15.4. The highest BCUT2D eigenvalue weighted by atomic mass is 32.2. The van der Waals surface area contributed by atoms with Gasteiger partial charge in [-0.25, -0.2) is 8.42 Å². The van der Waals surface area contributed by atoms with Gasteiger partial charge in [0.05, 0.1) is 11.4 Å². The number of carbonyl (C=O) groups is 1. The summed E-state index contributed by atoms with van der Waals surface area (Å²) >= 11 is 0. The van der Waals surface area contributed by atoms with E-state index in [9.17, 15) is 13.2 Å². The van der Waals surface area contributed by atoms with Crippen LogP contribution in [0.4, 0.5) is 0 Å². The van der Waals surface area contributed by atoms with E-state index in [4.69, 9.17) is 0 Å². The number of hydrogen-bond acceptors (Lipinski definition) is 4. The van der Waals surface area contributed by atoms with Gasteiger partial charge in [0.2, 0.25) is 15.9 Å². The summed E-state index contributed by atoms with van der Waals surface area (Å²) in [6.07, 6.45) is 0.508. The van der Waals surface area contributed by atoms with Crippen molar-refractivity contribution in [2.75, 3.05) is 26.2 Å². The molecule has 0 saturated carbocycles. The minimum atomic E-state index is -3.56. The molecule has 23 heavy (non-hydrogen) atoms. The number of nitrogens with zero attached hydrogens (tertiary/aromatic N) is 4. The van der Waals surface area contributed by atoms with Crippen LogP contribution in [-0.2, 0) is 21.9 Å². The van der Waals surface area contributed by atoms with Gasteiger partial charge in [-0.1, -0.05) is 13.8 Å². The lowest BCUT2D eigenvalue weighted by Crippen LogP contribution is -2.50. The molecule has 0 unspecified atom stereocenters. The monoisotopic (exact) mass is 342 g/mol. The second-order valence-electron chi connectivity index (χ2n) is 6.51. The van der Waals surface area contributed by atoms with Crippen molar-refractivity contribution >= 4 is 15.9 Å². The maximum atomic E-state index is 12.9. The fraction of sp³-hybridized carbons (Fsp3) is 0.733. The molecular formula is C15H26N4O3S. The topological polar surface area (TPSA) is 75.5 Å². The number of amides is 1. The Bertz CT molecular complexity index is 686. The predicted octanol–water partition coefficient (Wildman–Crippen LogP) is 0.916. The first-order chi connectivity index (χ1) is 10.6. The van der Waals surface area contributed by atoms with Crippen LogP contribution < -0.4 is 0 Å². The largest absolute Gasteiger partial charge is 0.340 e. The van der Waals surface area contributed by atoms with Gasteiger partial charge in [0.15, 0.2) is 0 Å². The van der Waals surface area contributed by atoms with Crippen molar-refractivity contribution in [1.29, 1.82) is 0 Å². The maximum absolute atomic E-state index is 12.9. The molecule has 2 heterocycles. The Morgan fingerprint density at radius 1 is 1.17 bits per heavy atom. The molecule has 1 aliphatic heterocycles. The molecule has 1 amide bonds. The van der Waals surface area contributed by atoms with E-state index in [2.05, 4.69) is 5.10 Å². The number of rotatable bonds is 4. The van der Waals surface area contributed by atoms with Crippen LogP contribution in [0.2, 0.25) is 0 Å². The van der Waals surface area contributed by atoms with Crippen molar-refractivity contribution in [1.82, 2.24) is 19.0 Å². The molecule has 0 radical (unpaired) electrons. The molecule has 7 nitrogen and oxygen atoms in total. The van der Waals surface area contributed by atoms with Crippen LogP contribution in [0.25, 0.3) is 0 Å². The Hall–Kier alpha value is -1.41. The van der Waals surface area contributed by atoms with E-state index in [1.165, 1.54) is 4.31 Å². The summed E-state index contributed by atoms with van der Waals surface area (Å²) in [6, 6.07) is 0. The zero-order chi connectivity index (χ0) is 17.4. The molecule has 1 aliphatic rings. The molecule has 1 fully saturated rings. The fourth-order valence-electron chi connectivity index (χ4n) is 2.91. The number of sulfonamides is 1. The summed E-state index contributed by atoms with van der Waals surface area (Å²) in [5, 5.41) is 4.19.